The molecule has 2 fully saturated rings. The number of nitrogens with zero attached hydrogens (tertiary/aromatic N) is 2. The molecule has 0 amide bonds. The summed E-state index contributed by atoms with van der Waals surface area (Å²) < 4.78 is 7.45. The van der Waals surface area contributed by atoms with Gasteiger partial charge in [0.15, 0.2) is 0 Å². The highest BCUT2D eigenvalue weighted by Crippen LogP contribution is 2.38. The predicted molar refractivity (Wildman–Crippen MR) is 236 cm³/mol. The third-order valence-corrected chi connectivity index (χ3v) is 12.2. The Bertz CT molecular complexity index is 1810. The van der Waals surface area contributed by atoms with Crippen molar-refractivity contribution in [3.05, 3.63) is 166 Å². The molecule has 1 N–H and O–H groups in total. The van der Waals surface area contributed by atoms with Crippen molar-refractivity contribution in [1.82, 2.24) is 9.80 Å². The highest BCUT2D eigenvalue weighted by molar-refractivity contribution is 9.10. The highest BCUT2D eigenvalue weighted by Gasteiger charge is 2.25. The molecular weight excluding hydrogens is 764 g/mol. The first kappa shape index (κ1) is 42.5. The molecule has 0 saturated heterocycles. The molecule has 0 radical (unpaired) electrons. The Balaban J connectivity index is 0.000000216. The van der Waals surface area contributed by atoms with E-state index >= 15 is 0 Å². The number of phenols is 1. The summed E-state index contributed by atoms with van der Waals surface area (Å²) in [6, 6.07) is 47.5. The molecule has 55 heavy (non-hydrogen) atoms. The van der Waals surface area contributed by atoms with Gasteiger partial charge in [0.2, 0.25) is 0 Å². The fourth-order valence-electron chi connectivity index (χ4n) is 8.54. The Morgan fingerprint density at radius 2 is 1.05 bits per heavy atom. The van der Waals surface area contributed by atoms with Crippen LogP contribution in [0.4, 0.5) is 0 Å². The molecule has 6 heteroatoms. The molecule has 5 aromatic carbocycles. The van der Waals surface area contributed by atoms with E-state index in [0.717, 1.165) is 53.8 Å². The van der Waals surface area contributed by atoms with Gasteiger partial charge in [0.05, 0.1) is 0 Å². The van der Waals surface area contributed by atoms with Crippen LogP contribution in [-0.4, -0.2) is 54.2 Å². The molecule has 4 nitrogen and oxygen atoms in total. The molecule has 0 spiro atoms. The first-order valence-electron chi connectivity index (χ1n) is 20.2. The van der Waals surface area contributed by atoms with Crippen LogP contribution in [-0.2, 0) is 6.61 Å². The van der Waals surface area contributed by atoms with Gasteiger partial charge >= 0.3 is 0 Å². The van der Waals surface area contributed by atoms with Crippen molar-refractivity contribution in [1.29, 1.82) is 0 Å². The molecule has 0 aliphatic heterocycles. The van der Waals surface area contributed by atoms with Gasteiger partial charge in [0.25, 0.3) is 0 Å². The zero-order chi connectivity index (χ0) is 37.5. The van der Waals surface area contributed by atoms with E-state index < -0.39 is 0 Å². The molecule has 2 saturated carbocycles. The van der Waals surface area contributed by atoms with Crippen molar-refractivity contribution < 1.29 is 9.84 Å². The summed E-state index contributed by atoms with van der Waals surface area (Å²) in [7, 11) is 4.55. The van der Waals surface area contributed by atoms with Gasteiger partial charge in [-0.25, -0.2) is 0 Å². The first-order chi connectivity index (χ1) is 26.5. The molecule has 7 rings (SSSR count). The third-order valence-electron chi connectivity index (χ3n) is 11.7. The maximum absolute atomic E-state index is 10.3. The number of benzene rings is 5. The fourth-order valence-corrected chi connectivity index (χ4v) is 8.91. The monoisotopic (exact) mass is 822 g/mol. The topological polar surface area (TPSA) is 35.9 Å². The molecule has 2 unspecified atom stereocenters. The second kappa shape index (κ2) is 22.2. The summed E-state index contributed by atoms with van der Waals surface area (Å²) >= 11 is 3.70. The average Bonchev–Trinajstić information content (AvgIpc) is 3.96. The standard InChI is InChI=1S/C28H32BrNO.C21H27NO.ClH/c1-30(25-14-8-9-15-25)19-18-26(23-12-6-3-7-13-23)27-20-24(29)16-17-28(27)31-21-22-10-4-2-5-11-22;1-22(18-11-5-6-12-18)16-15-19(17-9-3-2-4-10-17)20-13-7-8-14-21(20)23;/h2-7,10-13,16-17,20,25-26H,8-9,14-15,18-19,21H2,1H3;2-4,7-10,13-14,18-19,23H,5-6,11-12,15-16H2,1H3;1H. The van der Waals surface area contributed by atoms with E-state index in [-0.39, 0.29) is 18.3 Å². The molecule has 5 aromatic rings. The fraction of sp³-hybridized carbons (Fsp3) is 0.388. The van der Waals surface area contributed by atoms with Crippen LogP contribution in [0.2, 0.25) is 0 Å². The summed E-state index contributed by atoms with van der Waals surface area (Å²) in [6.07, 6.45) is 13.0. The van der Waals surface area contributed by atoms with Gasteiger partial charge in [0, 0.05) is 39.5 Å². The van der Waals surface area contributed by atoms with Crippen LogP contribution in [0.5, 0.6) is 11.5 Å². The van der Waals surface area contributed by atoms with E-state index in [1.165, 1.54) is 73.6 Å². The van der Waals surface area contributed by atoms with Gasteiger partial charge in [-0.15, -0.1) is 12.4 Å². The molecule has 0 heterocycles. The third kappa shape index (κ3) is 12.4. The minimum Gasteiger partial charge on any atom is -0.508 e. The van der Waals surface area contributed by atoms with E-state index in [4.69, 9.17) is 4.74 Å². The lowest BCUT2D eigenvalue weighted by Gasteiger charge is -2.28. The van der Waals surface area contributed by atoms with Crippen molar-refractivity contribution >= 4 is 28.3 Å². The van der Waals surface area contributed by atoms with Crippen molar-refractivity contribution in [3.63, 3.8) is 0 Å². The van der Waals surface area contributed by atoms with Crippen LogP contribution in [0, 0.1) is 0 Å². The van der Waals surface area contributed by atoms with Crippen LogP contribution < -0.4 is 4.74 Å². The summed E-state index contributed by atoms with van der Waals surface area (Å²) in [6.45, 7) is 2.74. The summed E-state index contributed by atoms with van der Waals surface area (Å²) in [5.74, 6) is 1.93. The van der Waals surface area contributed by atoms with Crippen molar-refractivity contribution in [3.8, 4) is 11.5 Å². The SMILES string of the molecule is CN(CCC(c1ccccc1)c1cc(Br)ccc1OCc1ccccc1)C1CCCC1.CN(CCC(c1ccccc1)c1ccccc1O)C1CCCC1.Cl. The van der Waals surface area contributed by atoms with E-state index in [1.54, 1.807) is 6.07 Å². The van der Waals surface area contributed by atoms with E-state index in [2.05, 4.69) is 149 Å². The van der Waals surface area contributed by atoms with Gasteiger partial charge in [0.1, 0.15) is 18.1 Å². The molecule has 0 aromatic heterocycles. The number of para-hydroxylation sites is 1. The maximum Gasteiger partial charge on any atom is 0.123 e. The van der Waals surface area contributed by atoms with Crippen molar-refractivity contribution in [2.24, 2.45) is 0 Å². The Hall–Kier alpha value is -3.61. The zero-order valence-electron chi connectivity index (χ0n) is 32.7. The van der Waals surface area contributed by atoms with Crippen LogP contribution in [0.3, 0.4) is 0 Å². The number of hydrogen-bond acceptors (Lipinski definition) is 4. The summed E-state index contributed by atoms with van der Waals surface area (Å²) in [5, 5.41) is 10.3. The molecule has 2 aliphatic carbocycles. The molecule has 2 atom stereocenters. The predicted octanol–water partition coefficient (Wildman–Crippen LogP) is 12.6. The first-order valence-corrected chi connectivity index (χ1v) is 21.0. The van der Waals surface area contributed by atoms with Crippen LogP contribution in [0.25, 0.3) is 0 Å². The highest BCUT2D eigenvalue weighted by atomic mass is 79.9. The van der Waals surface area contributed by atoms with Crippen LogP contribution in [0.1, 0.15) is 104 Å². The zero-order valence-corrected chi connectivity index (χ0v) is 35.1. The lowest BCUT2D eigenvalue weighted by Crippen LogP contribution is -2.31. The Morgan fingerprint density at radius 3 is 1.56 bits per heavy atom. The van der Waals surface area contributed by atoms with Gasteiger partial charge in [-0.1, -0.05) is 151 Å². The second-order valence-corrected chi connectivity index (χ2v) is 16.3. The van der Waals surface area contributed by atoms with E-state index in [9.17, 15) is 5.11 Å². The molecule has 0 bridgehead atoms. The van der Waals surface area contributed by atoms with Crippen LogP contribution >= 0.6 is 28.3 Å². The van der Waals surface area contributed by atoms with Gasteiger partial charge in [-0.2, -0.15) is 0 Å². The summed E-state index contributed by atoms with van der Waals surface area (Å²) in [5.41, 5.74) is 6.13. The average molecular weight is 824 g/mol. The largest absolute Gasteiger partial charge is 0.508 e. The number of rotatable bonds is 15. The Kier molecular flexibility index (Phi) is 17.2. The summed E-state index contributed by atoms with van der Waals surface area (Å²) in [4.78, 5) is 5.09. The number of aromatic hydroxyl groups is 1. The normalized spacial score (nSPS) is 15.7. The minimum atomic E-state index is 0. The number of halogens is 2. The lowest BCUT2D eigenvalue weighted by molar-refractivity contribution is 0.238. The molecule has 2 aliphatic rings. The Labute approximate surface area is 345 Å². The second-order valence-electron chi connectivity index (χ2n) is 15.4. The molecule has 292 valence electrons. The number of hydrogen-bond donors (Lipinski definition) is 1. The van der Waals surface area contributed by atoms with E-state index in [0.29, 0.717) is 18.3 Å². The maximum atomic E-state index is 10.3. The van der Waals surface area contributed by atoms with Gasteiger partial charge < -0.3 is 19.6 Å². The van der Waals surface area contributed by atoms with Crippen LogP contribution in [0.15, 0.2) is 138 Å². The number of ether oxygens (including phenoxy) is 1. The lowest BCUT2D eigenvalue weighted by atomic mass is 9.87. The van der Waals surface area contributed by atoms with Gasteiger partial charge in [-0.3, -0.25) is 0 Å². The van der Waals surface area contributed by atoms with Crippen molar-refractivity contribution in [2.75, 3.05) is 27.2 Å². The quantitative estimate of drug-likeness (QED) is 0.114. The van der Waals surface area contributed by atoms with Crippen molar-refractivity contribution in [2.45, 2.75) is 94.7 Å². The Morgan fingerprint density at radius 1 is 0.600 bits per heavy atom. The smallest absolute Gasteiger partial charge is 0.123 e. The number of phenolic OH excluding ortho intramolecular Hbond substituents is 1. The molecular formula is C49H60BrClN2O2. The van der Waals surface area contributed by atoms with E-state index in [1.807, 2.05) is 18.2 Å². The van der Waals surface area contributed by atoms with Gasteiger partial charge in [-0.05, 0) is 107 Å². The minimum absolute atomic E-state index is 0.